The molecule has 0 aliphatic heterocycles. The summed E-state index contributed by atoms with van der Waals surface area (Å²) in [6.45, 7) is 5.53. The first kappa shape index (κ1) is 26.4. The van der Waals surface area contributed by atoms with E-state index in [1.807, 2.05) is 41.6 Å². The molecule has 198 valence electrons. The topological polar surface area (TPSA) is 45.1 Å². The second-order valence-corrected chi connectivity index (χ2v) is 9.38. The number of ether oxygens (including phenoxy) is 1. The standard InChI is InChI=1S/C35H31N3O2/c1-3-35(39)40-34-24-22-31(23-25-34)37(29-18-14-27(2)15-19-29)30-20-16-28(17-21-30)26-36-38(32-10-6-4-7-11-32)33-12-8-5-9-13-33/h3-4,6-8,10-26H,1,5,9H2,2H3/b36-26+. The number of hydrazone groups is 1. The van der Waals surface area contributed by atoms with Crippen LogP contribution in [0, 0.1) is 6.92 Å². The maximum atomic E-state index is 11.6. The van der Waals surface area contributed by atoms with Crippen molar-refractivity contribution >= 4 is 34.9 Å². The quantitative estimate of drug-likeness (QED) is 0.0721. The van der Waals surface area contributed by atoms with E-state index in [9.17, 15) is 4.79 Å². The summed E-state index contributed by atoms with van der Waals surface area (Å²) in [4.78, 5) is 13.8. The normalized spacial score (nSPS) is 12.6. The molecule has 5 nitrogen and oxygen atoms in total. The third-order valence-corrected chi connectivity index (χ3v) is 6.47. The van der Waals surface area contributed by atoms with Gasteiger partial charge in [-0.15, -0.1) is 0 Å². The molecule has 4 aromatic carbocycles. The lowest BCUT2D eigenvalue weighted by molar-refractivity contribution is -0.128. The van der Waals surface area contributed by atoms with Crippen LogP contribution in [0.1, 0.15) is 24.0 Å². The van der Waals surface area contributed by atoms with E-state index in [1.54, 1.807) is 12.1 Å². The Bertz CT molecular complexity index is 1540. The molecule has 0 radical (unpaired) electrons. The van der Waals surface area contributed by atoms with E-state index in [-0.39, 0.29) is 0 Å². The molecule has 0 saturated carbocycles. The number of allylic oxidation sites excluding steroid dienone is 3. The highest BCUT2D eigenvalue weighted by Crippen LogP contribution is 2.35. The van der Waals surface area contributed by atoms with Crippen LogP contribution in [0.5, 0.6) is 5.75 Å². The van der Waals surface area contributed by atoms with Crippen molar-refractivity contribution in [3.05, 3.63) is 151 Å². The minimum atomic E-state index is -0.484. The summed E-state index contributed by atoms with van der Waals surface area (Å²) in [5, 5.41) is 6.83. The van der Waals surface area contributed by atoms with Crippen LogP contribution in [-0.2, 0) is 4.79 Å². The Kier molecular flexibility index (Phi) is 8.32. The first-order valence-electron chi connectivity index (χ1n) is 13.3. The largest absolute Gasteiger partial charge is 0.423 e. The highest BCUT2D eigenvalue weighted by Gasteiger charge is 2.14. The average molecular weight is 526 g/mol. The highest BCUT2D eigenvalue weighted by molar-refractivity contribution is 5.85. The average Bonchev–Trinajstić information content (AvgIpc) is 3.01. The number of hydrogen-bond acceptors (Lipinski definition) is 5. The van der Waals surface area contributed by atoms with E-state index < -0.39 is 5.97 Å². The zero-order valence-electron chi connectivity index (χ0n) is 22.5. The Morgan fingerprint density at radius 1 is 0.800 bits per heavy atom. The fraction of sp³-hybridized carbons (Fsp3) is 0.0857. The van der Waals surface area contributed by atoms with E-state index in [4.69, 9.17) is 9.84 Å². The van der Waals surface area contributed by atoms with E-state index in [1.165, 1.54) is 5.56 Å². The number of anilines is 4. The van der Waals surface area contributed by atoms with Gasteiger partial charge in [0, 0.05) is 23.1 Å². The predicted molar refractivity (Wildman–Crippen MR) is 165 cm³/mol. The number of rotatable bonds is 9. The van der Waals surface area contributed by atoms with Crippen molar-refractivity contribution in [3.8, 4) is 5.75 Å². The monoisotopic (exact) mass is 525 g/mol. The van der Waals surface area contributed by atoms with Crippen LogP contribution in [0.3, 0.4) is 0 Å². The first-order valence-corrected chi connectivity index (χ1v) is 13.3. The minimum Gasteiger partial charge on any atom is -0.423 e. The number of esters is 1. The van der Waals surface area contributed by atoms with E-state index >= 15 is 0 Å². The number of para-hydroxylation sites is 1. The molecule has 0 aromatic heterocycles. The fourth-order valence-corrected chi connectivity index (χ4v) is 4.40. The van der Waals surface area contributed by atoms with Crippen LogP contribution >= 0.6 is 0 Å². The molecule has 0 saturated heterocycles. The Morgan fingerprint density at radius 3 is 2.02 bits per heavy atom. The van der Waals surface area contributed by atoms with Gasteiger partial charge in [0.25, 0.3) is 0 Å². The summed E-state index contributed by atoms with van der Waals surface area (Å²) in [7, 11) is 0. The molecule has 0 unspecified atom stereocenters. The molecule has 0 amide bonds. The van der Waals surface area contributed by atoms with Gasteiger partial charge in [-0.3, -0.25) is 0 Å². The van der Waals surface area contributed by atoms with Gasteiger partial charge in [0.15, 0.2) is 0 Å². The summed E-state index contributed by atoms with van der Waals surface area (Å²) < 4.78 is 5.26. The molecule has 5 rings (SSSR count). The van der Waals surface area contributed by atoms with Gasteiger partial charge in [0.2, 0.25) is 0 Å². The molecule has 40 heavy (non-hydrogen) atoms. The smallest absolute Gasteiger partial charge is 0.335 e. The number of carbonyl (C=O) groups excluding carboxylic acids is 1. The third kappa shape index (κ3) is 6.45. The zero-order valence-corrected chi connectivity index (χ0v) is 22.5. The lowest BCUT2D eigenvalue weighted by atomic mass is 10.1. The summed E-state index contributed by atoms with van der Waals surface area (Å²) >= 11 is 0. The van der Waals surface area contributed by atoms with Gasteiger partial charge in [-0.25, -0.2) is 9.80 Å². The van der Waals surface area contributed by atoms with Crippen LogP contribution in [0.25, 0.3) is 0 Å². The number of carbonyl (C=O) groups is 1. The number of nitrogens with zero attached hydrogens (tertiary/aromatic N) is 3. The second-order valence-electron chi connectivity index (χ2n) is 9.38. The molecule has 0 bridgehead atoms. The van der Waals surface area contributed by atoms with Gasteiger partial charge in [0.1, 0.15) is 5.75 Å². The van der Waals surface area contributed by atoms with Gasteiger partial charge in [-0.1, -0.05) is 66.8 Å². The molecule has 5 heteroatoms. The number of hydrogen-bond donors (Lipinski definition) is 0. The van der Waals surface area contributed by atoms with Crippen molar-refractivity contribution in [2.24, 2.45) is 5.10 Å². The van der Waals surface area contributed by atoms with Crippen LogP contribution in [-0.4, -0.2) is 12.2 Å². The summed E-state index contributed by atoms with van der Waals surface area (Å²) in [5.41, 5.74) is 7.21. The molecular formula is C35H31N3O2. The highest BCUT2D eigenvalue weighted by atomic mass is 16.5. The van der Waals surface area contributed by atoms with Gasteiger partial charge < -0.3 is 9.64 Å². The Balaban J connectivity index is 1.43. The molecule has 4 aromatic rings. The molecule has 0 fully saturated rings. The first-order chi connectivity index (χ1) is 19.6. The second kappa shape index (κ2) is 12.6. The Morgan fingerprint density at radius 2 is 1.43 bits per heavy atom. The molecule has 0 spiro atoms. The minimum absolute atomic E-state index is 0.468. The molecule has 0 N–H and O–H groups in total. The maximum absolute atomic E-state index is 11.6. The van der Waals surface area contributed by atoms with Gasteiger partial charge in [-0.05, 0) is 92.1 Å². The molecule has 0 atom stereocenters. The van der Waals surface area contributed by atoms with Crippen LogP contribution in [0.2, 0.25) is 0 Å². The SMILES string of the molecule is C=CC(=O)Oc1ccc(N(c2ccc(C)cc2)c2ccc(/C=N/N(C3=CCCC=C3)c3ccccc3)cc2)cc1. The summed E-state index contributed by atoms with van der Waals surface area (Å²) in [6, 6.07) is 34.3. The molecule has 1 aliphatic rings. The number of benzene rings is 4. The van der Waals surface area contributed by atoms with Gasteiger partial charge >= 0.3 is 5.97 Å². The van der Waals surface area contributed by atoms with E-state index in [0.29, 0.717) is 5.75 Å². The van der Waals surface area contributed by atoms with Crippen LogP contribution < -0.4 is 14.6 Å². The van der Waals surface area contributed by atoms with Crippen molar-refractivity contribution in [1.29, 1.82) is 0 Å². The molecular weight excluding hydrogens is 494 g/mol. The van der Waals surface area contributed by atoms with Crippen LogP contribution in [0.4, 0.5) is 22.7 Å². The predicted octanol–water partition coefficient (Wildman–Crippen LogP) is 8.63. The van der Waals surface area contributed by atoms with Crippen molar-refractivity contribution < 1.29 is 9.53 Å². The van der Waals surface area contributed by atoms with Crippen molar-refractivity contribution in [2.75, 3.05) is 9.91 Å². The van der Waals surface area contributed by atoms with Gasteiger partial charge in [-0.2, -0.15) is 5.10 Å². The van der Waals surface area contributed by atoms with Crippen molar-refractivity contribution in [3.63, 3.8) is 0 Å². The zero-order chi connectivity index (χ0) is 27.7. The fourth-order valence-electron chi connectivity index (χ4n) is 4.40. The molecule has 1 aliphatic carbocycles. The summed E-state index contributed by atoms with van der Waals surface area (Å²) in [6.07, 6.45) is 11.6. The number of aryl methyl sites for hydroxylation is 1. The maximum Gasteiger partial charge on any atom is 0.335 e. The lowest BCUT2D eigenvalue weighted by Gasteiger charge is -2.26. The third-order valence-electron chi connectivity index (χ3n) is 6.47. The van der Waals surface area contributed by atoms with Crippen molar-refractivity contribution in [2.45, 2.75) is 19.8 Å². The molecule has 0 heterocycles. The van der Waals surface area contributed by atoms with E-state index in [2.05, 4.69) is 97.3 Å². The Hall–Kier alpha value is -5.16. The van der Waals surface area contributed by atoms with Crippen molar-refractivity contribution in [1.82, 2.24) is 0 Å². The van der Waals surface area contributed by atoms with E-state index in [0.717, 1.165) is 52.9 Å². The van der Waals surface area contributed by atoms with Gasteiger partial charge in [0.05, 0.1) is 17.6 Å². The lowest BCUT2D eigenvalue weighted by Crippen LogP contribution is -2.15. The van der Waals surface area contributed by atoms with Crippen LogP contribution in [0.15, 0.2) is 145 Å². The Labute approximate surface area is 235 Å². The summed E-state index contributed by atoms with van der Waals surface area (Å²) in [5.74, 6) is -0.0167.